The molecule has 18 heavy (non-hydrogen) atoms. The van der Waals surface area contributed by atoms with E-state index in [0.29, 0.717) is 0 Å². The van der Waals surface area contributed by atoms with Gasteiger partial charge in [-0.05, 0) is 31.0 Å². The zero-order valence-corrected chi connectivity index (χ0v) is 11.1. The van der Waals surface area contributed by atoms with Crippen molar-refractivity contribution in [3.05, 3.63) is 64.7 Å². The van der Waals surface area contributed by atoms with Gasteiger partial charge in [-0.3, -0.25) is 0 Å². The summed E-state index contributed by atoms with van der Waals surface area (Å²) in [4.78, 5) is 0. The van der Waals surface area contributed by atoms with Crippen molar-refractivity contribution < 1.29 is 4.74 Å². The first-order chi connectivity index (χ1) is 8.63. The Morgan fingerprint density at radius 3 is 2.39 bits per heavy atom. The highest BCUT2D eigenvalue weighted by atomic mass is 16.5. The van der Waals surface area contributed by atoms with Crippen molar-refractivity contribution in [2.24, 2.45) is 5.73 Å². The zero-order valence-electron chi connectivity index (χ0n) is 11.1. The number of ether oxygens (including phenoxy) is 1. The van der Waals surface area contributed by atoms with E-state index < -0.39 is 0 Å². The van der Waals surface area contributed by atoms with Gasteiger partial charge in [0.25, 0.3) is 0 Å². The van der Waals surface area contributed by atoms with E-state index in [1.807, 2.05) is 24.3 Å². The summed E-state index contributed by atoms with van der Waals surface area (Å²) in [6.45, 7) is 4.14. The Labute approximate surface area is 108 Å². The second-order valence-electron chi connectivity index (χ2n) is 4.58. The predicted molar refractivity (Wildman–Crippen MR) is 74.9 cm³/mol. The first-order valence-corrected chi connectivity index (χ1v) is 6.09. The van der Waals surface area contributed by atoms with Crippen molar-refractivity contribution in [1.82, 2.24) is 0 Å². The van der Waals surface area contributed by atoms with Gasteiger partial charge < -0.3 is 10.5 Å². The van der Waals surface area contributed by atoms with E-state index >= 15 is 0 Å². The second-order valence-corrected chi connectivity index (χ2v) is 4.58. The quantitative estimate of drug-likeness (QED) is 0.894. The van der Waals surface area contributed by atoms with Gasteiger partial charge in [0, 0.05) is 5.56 Å². The molecule has 2 rings (SSSR count). The third kappa shape index (κ3) is 2.39. The Morgan fingerprint density at radius 2 is 1.72 bits per heavy atom. The average Bonchev–Trinajstić information content (AvgIpc) is 2.38. The van der Waals surface area contributed by atoms with Gasteiger partial charge in [-0.15, -0.1) is 0 Å². The Kier molecular flexibility index (Phi) is 3.68. The van der Waals surface area contributed by atoms with E-state index in [2.05, 4.69) is 32.0 Å². The maximum Gasteiger partial charge on any atom is 0.123 e. The molecule has 94 valence electrons. The highest BCUT2D eigenvalue weighted by Gasteiger charge is 2.15. The molecule has 0 aliphatic carbocycles. The molecule has 0 bridgehead atoms. The summed E-state index contributed by atoms with van der Waals surface area (Å²) in [6.07, 6.45) is 0. The predicted octanol–water partition coefficient (Wildman–Crippen LogP) is 3.36. The number of methoxy groups -OCH3 is 1. The summed E-state index contributed by atoms with van der Waals surface area (Å²) in [5.41, 5.74) is 10.9. The summed E-state index contributed by atoms with van der Waals surface area (Å²) in [5, 5.41) is 0. The van der Waals surface area contributed by atoms with Crippen LogP contribution in [0.3, 0.4) is 0 Å². The smallest absolute Gasteiger partial charge is 0.123 e. The summed E-state index contributed by atoms with van der Waals surface area (Å²) < 4.78 is 5.40. The third-order valence-electron chi connectivity index (χ3n) is 3.24. The minimum absolute atomic E-state index is 0.152. The first-order valence-electron chi connectivity index (χ1n) is 6.09. The molecule has 1 atom stereocenters. The molecule has 2 nitrogen and oxygen atoms in total. The largest absolute Gasteiger partial charge is 0.496 e. The molecule has 0 aliphatic heterocycles. The third-order valence-corrected chi connectivity index (χ3v) is 3.24. The molecular weight excluding hydrogens is 222 g/mol. The van der Waals surface area contributed by atoms with E-state index in [1.54, 1.807) is 7.11 Å². The van der Waals surface area contributed by atoms with Crippen LogP contribution >= 0.6 is 0 Å². The molecule has 0 spiro atoms. The molecule has 0 saturated heterocycles. The van der Waals surface area contributed by atoms with Crippen LogP contribution in [-0.2, 0) is 0 Å². The molecule has 2 aromatic carbocycles. The first kappa shape index (κ1) is 12.7. The molecule has 0 radical (unpaired) electrons. The SMILES string of the molecule is COc1ccc(C)cc1C(N)c1ccccc1C. The van der Waals surface area contributed by atoms with Crippen LogP contribution in [0, 0.1) is 13.8 Å². The van der Waals surface area contributed by atoms with Crippen molar-refractivity contribution in [1.29, 1.82) is 0 Å². The Hall–Kier alpha value is -1.80. The maximum absolute atomic E-state index is 6.38. The monoisotopic (exact) mass is 241 g/mol. The molecule has 2 N–H and O–H groups in total. The maximum atomic E-state index is 6.38. The number of aryl methyl sites for hydroxylation is 2. The summed E-state index contributed by atoms with van der Waals surface area (Å²) in [6, 6.07) is 14.1. The van der Waals surface area contributed by atoms with Crippen LogP contribution in [0.25, 0.3) is 0 Å². The number of benzene rings is 2. The molecule has 2 aromatic rings. The van der Waals surface area contributed by atoms with Crippen molar-refractivity contribution in [3.63, 3.8) is 0 Å². The summed E-state index contributed by atoms with van der Waals surface area (Å²) >= 11 is 0. The minimum atomic E-state index is -0.152. The van der Waals surface area contributed by atoms with Gasteiger partial charge in [-0.1, -0.05) is 42.0 Å². The average molecular weight is 241 g/mol. The van der Waals surface area contributed by atoms with Crippen LogP contribution in [0.4, 0.5) is 0 Å². The number of hydrogen-bond acceptors (Lipinski definition) is 2. The van der Waals surface area contributed by atoms with E-state index in [-0.39, 0.29) is 6.04 Å². The Balaban J connectivity index is 2.48. The molecule has 0 fully saturated rings. The van der Waals surface area contributed by atoms with Crippen molar-refractivity contribution in [3.8, 4) is 5.75 Å². The van der Waals surface area contributed by atoms with E-state index in [0.717, 1.165) is 16.9 Å². The molecule has 2 heteroatoms. The van der Waals surface area contributed by atoms with Gasteiger partial charge in [0.05, 0.1) is 13.2 Å². The van der Waals surface area contributed by atoms with E-state index in [1.165, 1.54) is 11.1 Å². The summed E-state index contributed by atoms with van der Waals surface area (Å²) in [7, 11) is 1.68. The van der Waals surface area contributed by atoms with Gasteiger partial charge in [0.1, 0.15) is 5.75 Å². The van der Waals surface area contributed by atoms with Gasteiger partial charge in [0.2, 0.25) is 0 Å². The lowest BCUT2D eigenvalue weighted by Crippen LogP contribution is -2.14. The van der Waals surface area contributed by atoms with Gasteiger partial charge in [-0.25, -0.2) is 0 Å². The Bertz CT molecular complexity index is 549. The van der Waals surface area contributed by atoms with Gasteiger partial charge in [-0.2, -0.15) is 0 Å². The molecule has 0 amide bonds. The van der Waals surface area contributed by atoms with Crippen molar-refractivity contribution in [2.45, 2.75) is 19.9 Å². The standard InChI is InChI=1S/C16H19NO/c1-11-8-9-15(18-3)14(10-11)16(17)13-7-5-4-6-12(13)2/h4-10,16H,17H2,1-3H3. The minimum Gasteiger partial charge on any atom is -0.496 e. The second kappa shape index (κ2) is 5.23. The fourth-order valence-electron chi connectivity index (χ4n) is 2.20. The van der Waals surface area contributed by atoms with Gasteiger partial charge in [0.15, 0.2) is 0 Å². The molecule has 0 heterocycles. The highest BCUT2D eigenvalue weighted by Crippen LogP contribution is 2.30. The molecule has 0 saturated carbocycles. The van der Waals surface area contributed by atoms with Crippen LogP contribution in [-0.4, -0.2) is 7.11 Å². The number of nitrogens with two attached hydrogens (primary N) is 1. The van der Waals surface area contributed by atoms with Crippen LogP contribution in [0.1, 0.15) is 28.3 Å². The van der Waals surface area contributed by atoms with Crippen molar-refractivity contribution in [2.75, 3.05) is 7.11 Å². The highest BCUT2D eigenvalue weighted by molar-refractivity contribution is 5.45. The van der Waals surface area contributed by atoms with Crippen LogP contribution in [0.15, 0.2) is 42.5 Å². The lowest BCUT2D eigenvalue weighted by atomic mass is 9.94. The van der Waals surface area contributed by atoms with Crippen LogP contribution in [0.2, 0.25) is 0 Å². The van der Waals surface area contributed by atoms with Gasteiger partial charge >= 0.3 is 0 Å². The lowest BCUT2D eigenvalue weighted by Gasteiger charge is -2.18. The number of hydrogen-bond donors (Lipinski definition) is 1. The summed E-state index contributed by atoms with van der Waals surface area (Å²) in [5.74, 6) is 0.844. The zero-order chi connectivity index (χ0) is 13.1. The molecule has 0 aliphatic rings. The number of rotatable bonds is 3. The molecule has 0 aromatic heterocycles. The molecule has 1 unspecified atom stereocenters. The normalized spacial score (nSPS) is 12.2. The van der Waals surface area contributed by atoms with Crippen LogP contribution in [0.5, 0.6) is 5.75 Å². The van der Waals surface area contributed by atoms with Crippen LogP contribution < -0.4 is 10.5 Å². The van der Waals surface area contributed by atoms with Crippen molar-refractivity contribution >= 4 is 0 Å². The topological polar surface area (TPSA) is 35.2 Å². The molecular formula is C16H19NO. The Morgan fingerprint density at radius 1 is 1.00 bits per heavy atom. The van der Waals surface area contributed by atoms with E-state index in [9.17, 15) is 0 Å². The lowest BCUT2D eigenvalue weighted by molar-refractivity contribution is 0.407. The van der Waals surface area contributed by atoms with E-state index in [4.69, 9.17) is 10.5 Å². The fraction of sp³-hybridized carbons (Fsp3) is 0.250. The fourth-order valence-corrected chi connectivity index (χ4v) is 2.20.